The van der Waals surface area contributed by atoms with Crippen LogP contribution in [0.25, 0.3) is 11.5 Å². The molecule has 1 fully saturated rings. The molecule has 0 spiro atoms. The molecule has 1 N–H and O–H groups in total. The van der Waals surface area contributed by atoms with Crippen molar-refractivity contribution in [3.8, 4) is 17.2 Å². The molecule has 1 aromatic heterocycles. The first-order valence-corrected chi connectivity index (χ1v) is 7.65. The molecular formula is C17H22N2O3. The molecule has 118 valence electrons. The highest BCUT2D eigenvalue weighted by atomic mass is 16.5. The third kappa shape index (κ3) is 3.31. The van der Waals surface area contributed by atoms with Crippen LogP contribution < -0.4 is 4.74 Å². The van der Waals surface area contributed by atoms with E-state index in [4.69, 9.17) is 9.15 Å². The Labute approximate surface area is 130 Å². The molecule has 1 aromatic carbocycles. The Balaban J connectivity index is 1.65. The lowest BCUT2D eigenvalue weighted by atomic mass is 9.96. The summed E-state index contributed by atoms with van der Waals surface area (Å²) in [6.45, 7) is 4.50. The minimum absolute atomic E-state index is 0.248. The number of aromatic nitrogens is 1. The van der Waals surface area contributed by atoms with Crippen molar-refractivity contribution in [2.75, 3.05) is 20.2 Å². The number of hydrogen-bond acceptors (Lipinski definition) is 5. The summed E-state index contributed by atoms with van der Waals surface area (Å²) >= 11 is 0. The summed E-state index contributed by atoms with van der Waals surface area (Å²) in [4.78, 5) is 6.77. The number of likely N-dealkylation sites (tertiary alicyclic amines) is 1. The minimum atomic E-state index is -0.248. The maximum absolute atomic E-state index is 9.96. The third-order valence-corrected chi connectivity index (χ3v) is 4.28. The Kier molecular flexibility index (Phi) is 4.45. The second-order valence-electron chi connectivity index (χ2n) is 5.94. The standard InChI is InChI=1S/C17H22N2O3/c1-12-7-8-19(10-16(12)20)9-14-11-22-17(18-14)13-3-5-15(21-2)6-4-13/h3-6,11-12,16,20H,7-10H2,1-2H3. The van der Waals surface area contributed by atoms with E-state index in [0.717, 1.165) is 30.0 Å². The molecule has 5 heteroatoms. The fraction of sp³-hybridized carbons (Fsp3) is 0.471. The van der Waals surface area contributed by atoms with Gasteiger partial charge in [0.15, 0.2) is 0 Å². The van der Waals surface area contributed by atoms with Crippen LogP contribution in [0.1, 0.15) is 19.0 Å². The Hall–Kier alpha value is -1.85. The molecule has 22 heavy (non-hydrogen) atoms. The van der Waals surface area contributed by atoms with Crippen molar-refractivity contribution in [2.24, 2.45) is 5.92 Å². The zero-order valence-electron chi connectivity index (χ0n) is 13.0. The van der Waals surface area contributed by atoms with E-state index < -0.39 is 0 Å². The summed E-state index contributed by atoms with van der Waals surface area (Å²) in [5.74, 6) is 1.80. The summed E-state index contributed by atoms with van der Waals surface area (Å²) in [6, 6.07) is 7.64. The number of methoxy groups -OCH3 is 1. The summed E-state index contributed by atoms with van der Waals surface area (Å²) in [6.07, 6.45) is 2.47. The van der Waals surface area contributed by atoms with Crippen molar-refractivity contribution in [2.45, 2.75) is 26.0 Å². The number of nitrogens with zero attached hydrogens (tertiary/aromatic N) is 2. The van der Waals surface area contributed by atoms with E-state index in [-0.39, 0.29) is 6.10 Å². The van der Waals surface area contributed by atoms with Gasteiger partial charge in [0.25, 0.3) is 0 Å². The van der Waals surface area contributed by atoms with Crippen molar-refractivity contribution < 1.29 is 14.3 Å². The monoisotopic (exact) mass is 302 g/mol. The summed E-state index contributed by atoms with van der Waals surface area (Å²) in [5, 5.41) is 9.96. The van der Waals surface area contributed by atoms with Crippen molar-refractivity contribution >= 4 is 0 Å². The summed E-state index contributed by atoms with van der Waals surface area (Å²) in [7, 11) is 1.64. The smallest absolute Gasteiger partial charge is 0.226 e. The van der Waals surface area contributed by atoms with Gasteiger partial charge in [0.1, 0.15) is 12.0 Å². The quantitative estimate of drug-likeness (QED) is 0.940. The molecule has 2 heterocycles. The van der Waals surface area contributed by atoms with Crippen LogP contribution in [0.5, 0.6) is 5.75 Å². The number of β-amino-alcohol motifs (C(OH)–C–C–N with tert-alkyl or cyclic N) is 1. The lowest BCUT2D eigenvalue weighted by Gasteiger charge is -2.33. The summed E-state index contributed by atoms with van der Waals surface area (Å²) in [5.41, 5.74) is 1.83. The van der Waals surface area contributed by atoms with Gasteiger partial charge in [0.2, 0.25) is 5.89 Å². The van der Waals surface area contributed by atoms with Gasteiger partial charge in [-0.15, -0.1) is 0 Å². The van der Waals surface area contributed by atoms with E-state index in [2.05, 4.69) is 16.8 Å². The molecule has 5 nitrogen and oxygen atoms in total. The van der Waals surface area contributed by atoms with Gasteiger partial charge in [-0.2, -0.15) is 0 Å². The van der Waals surface area contributed by atoms with E-state index in [1.54, 1.807) is 13.4 Å². The molecule has 3 rings (SSSR count). The van der Waals surface area contributed by atoms with Gasteiger partial charge in [-0.05, 0) is 43.1 Å². The second-order valence-corrected chi connectivity index (χ2v) is 5.94. The Morgan fingerprint density at radius 2 is 2.14 bits per heavy atom. The van der Waals surface area contributed by atoms with E-state index in [1.807, 2.05) is 24.3 Å². The Bertz CT molecular complexity index is 609. The number of rotatable bonds is 4. The molecule has 2 atom stereocenters. The van der Waals surface area contributed by atoms with Gasteiger partial charge in [-0.1, -0.05) is 6.92 Å². The van der Waals surface area contributed by atoms with E-state index in [9.17, 15) is 5.11 Å². The number of aliphatic hydroxyl groups excluding tert-OH is 1. The number of aliphatic hydroxyl groups is 1. The lowest BCUT2D eigenvalue weighted by Crippen LogP contribution is -2.42. The van der Waals surface area contributed by atoms with Crippen LogP contribution in [0.4, 0.5) is 0 Å². The normalized spacial score (nSPS) is 22.7. The average Bonchev–Trinajstić information content (AvgIpc) is 2.99. The lowest BCUT2D eigenvalue weighted by molar-refractivity contribution is 0.0254. The van der Waals surface area contributed by atoms with Gasteiger partial charge in [-0.25, -0.2) is 4.98 Å². The number of hydrogen-bond donors (Lipinski definition) is 1. The van der Waals surface area contributed by atoms with Crippen LogP contribution in [-0.4, -0.2) is 41.3 Å². The highest BCUT2D eigenvalue weighted by Crippen LogP contribution is 2.23. The Morgan fingerprint density at radius 1 is 1.36 bits per heavy atom. The number of oxazole rings is 1. The van der Waals surface area contributed by atoms with E-state index in [0.29, 0.717) is 24.9 Å². The molecular weight excluding hydrogens is 280 g/mol. The van der Waals surface area contributed by atoms with Crippen LogP contribution in [-0.2, 0) is 6.54 Å². The number of piperidine rings is 1. The highest BCUT2D eigenvalue weighted by molar-refractivity contribution is 5.54. The largest absolute Gasteiger partial charge is 0.497 e. The number of ether oxygens (including phenoxy) is 1. The minimum Gasteiger partial charge on any atom is -0.497 e. The zero-order chi connectivity index (χ0) is 15.5. The molecule has 0 radical (unpaired) electrons. The fourth-order valence-electron chi connectivity index (χ4n) is 2.73. The predicted octanol–water partition coefficient (Wildman–Crippen LogP) is 2.55. The number of benzene rings is 1. The maximum Gasteiger partial charge on any atom is 0.226 e. The molecule has 0 bridgehead atoms. The SMILES string of the molecule is COc1ccc(-c2nc(CN3CCC(C)C(O)C3)co2)cc1. The highest BCUT2D eigenvalue weighted by Gasteiger charge is 2.24. The van der Waals surface area contributed by atoms with Gasteiger partial charge in [0.05, 0.1) is 18.9 Å². The third-order valence-electron chi connectivity index (χ3n) is 4.28. The van der Waals surface area contributed by atoms with Crippen LogP contribution in [0.15, 0.2) is 34.9 Å². The Morgan fingerprint density at radius 3 is 2.82 bits per heavy atom. The second kappa shape index (κ2) is 6.50. The van der Waals surface area contributed by atoms with Crippen molar-refractivity contribution in [3.05, 3.63) is 36.2 Å². The molecule has 2 aromatic rings. The van der Waals surface area contributed by atoms with Crippen molar-refractivity contribution in [1.29, 1.82) is 0 Å². The molecule has 1 aliphatic rings. The zero-order valence-corrected chi connectivity index (χ0v) is 13.0. The molecule has 1 aliphatic heterocycles. The molecule has 0 saturated carbocycles. The predicted molar refractivity (Wildman–Crippen MR) is 83.6 cm³/mol. The van der Waals surface area contributed by atoms with Crippen molar-refractivity contribution in [1.82, 2.24) is 9.88 Å². The first-order chi connectivity index (χ1) is 10.7. The molecule has 2 unspecified atom stereocenters. The first kappa shape index (κ1) is 15.1. The van der Waals surface area contributed by atoms with Gasteiger partial charge >= 0.3 is 0 Å². The van der Waals surface area contributed by atoms with Crippen LogP contribution in [0, 0.1) is 5.92 Å². The fourth-order valence-corrected chi connectivity index (χ4v) is 2.73. The van der Waals surface area contributed by atoms with Gasteiger partial charge in [0, 0.05) is 18.7 Å². The van der Waals surface area contributed by atoms with Crippen LogP contribution in [0.2, 0.25) is 0 Å². The summed E-state index contributed by atoms with van der Waals surface area (Å²) < 4.78 is 10.7. The van der Waals surface area contributed by atoms with E-state index >= 15 is 0 Å². The van der Waals surface area contributed by atoms with Gasteiger partial charge in [-0.3, -0.25) is 4.90 Å². The molecule has 0 aliphatic carbocycles. The van der Waals surface area contributed by atoms with Crippen LogP contribution >= 0.6 is 0 Å². The first-order valence-electron chi connectivity index (χ1n) is 7.65. The van der Waals surface area contributed by atoms with Crippen LogP contribution in [0.3, 0.4) is 0 Å². The van der Waals surface area contributed by atoms with Crippen molar-refractivity contribution in [3.63, 3.8) is 0 Å². The topological polar surface area (TPSA) is 58.7 Å². The maximum atomic E-state index is 9.96. The molecule has 1 saturated heterocycles. The van der Waals surface area contributed by atoms with E-state index in [1.165, 1.54) is 0 Å². The average molecular weight is 302 g/mol. The molecule has 0 amide bonds. The van der Waals surface area contributed by atoms with Gasteiger partial charge < -0.3 is 14.3 Å².